The van der Waals surface area contributed by atoms with Crippen LogP contribution in [-0.4, -0.2) is 15.1 Å². The van der Waals surface area contributed by atoms with Crippen molar-refractivity contribution in [2.75, 3.05) is 0 Å². The summed E-state index contributed by atoms with van der Waals surface area (Å²) in [7, 11) is 0. The maximum Gasteiger partial charge on any atom is 0.432 e. The van der Waals surface area contributed by atoms with E-state index >= 15 is 0 Å². The molecule has 0 amide bonds. The van der Waals surface area contributed by atoms with Gasteiger partial charge in [0.25, 0.3) is 0 Å². The molecule has 0 saturated carbocycles. The van der Waals surface area contributed by atoms with E-state index in [1.165, 1.54) is 0 Å². The second-order valence-electron chi connectivity index (χ2n) is 4.16. The van der Waals surface area contributed by atoms with E-state index in [2.05, 4.69) is 5.10 Å². The van der Waals surface area contributed by atoms with Gasteiger partial charge in [-0.25, -0.2) is 0 Å². The molecular formula is C11H5F6N3O3. The number of aromatic nitrogens is 2. The topological polar surface area (TPSA) is 81.0 Å². The van der Waals surface area contributed by atoms with Crippen LogP contribution in [0.25, 0.3) is 0 Å². The van der Waals surface area contributed by atoms with Gasteiger partial charge in [-0.2, -0.15) is 26.3 Å². The van der Waals surface area contributed by atoms with Crippen molar-refractivity contribution < 1.29 is 36.0 Å². The third-order valence-corrected chi connectivity index (χ3v) is 2.56. The fourth-order valence-corrected chi connectivity index (χ4v) is 1.54. The third-order valence-electron chi connectivity index (χ3n) is 2.56. The number of rotatable bonds is 3. The Morgan fingerprint density at radius 3 is 2.22 bits per heavy atom. The van der Waals surface area contributed by atoms with Gasteiger partial charge in [0, 0.05) is 12.1 Å². The van der Waals surface area contributed by atoms with Gasteiger partial charge in [-0.15, -0.1) is 5.10 Å². The molecule has 1 aromatic heterocycles. The largest absolute Gasteiger partial charge is 0.432 e. The summed E-state index contributed by atoms with van der Waals surface area (Å²) in [4.78, 5) is 9.65. The van der Waals surface area contributed by atoms with Gasteiger partial charge in [-0.1, -0.05) is 0 Å². The molecule has 0 radical (unpaired) electrons. The van der Waals surface area contributed by atoms with Gasteiger partial charge >= 0.3 is 18.0 Å². The van der Waals surface area contributed by atoms with Crippen LogP contribution in [0.2, 0.25) is 0 Å². The summed E-state index contributed by atoms with van der Waals surface area (Å²) < 4.78 is 79.4. The first-order valence-corrected chi connectivity index (χ1v) is 5.64. The summed E-state index contributed by atoms with van der Waals surface area (Å²) in [6.07, 6.45) is -9.57. The van der Waals surface area contributed by atoms with Crippen LogP contribution < -0.4 is 4.74 Å². The SMILES string of the molecule is O=[N+]([O-])c1cc(C(F)(F)F)ccc1Oc1cc(C(F)(F)F)[nH]n1. The summed E-state index contributed by atoms with van der Waals surface area (Å²) in [5.74, 6) is -1.36. The third kappa shape index (κ3) is 3.70. The number of halogens is 6. The number of benzene rings is 1. The van der Waals surface area contributed by atoms with E-state index in [1.54, 1.807) is 5.10 Å². The second kappa shape index (κ2) is 5.44. The molecule has 124 valence electrons. The molecule has 0 atom stereocenters. The molecule has 0 spiro atoms. The average molecular weight is 341 g/mol. The van der Waals surface area contributed by atoms with E-state index in [0.29, 0.717) is 18.2 Å². The Morgan fingerprint density at radius 2 is 1.74 bits per heavy atom. The molecule has 0 aliphatic rings. The molecule has 0 saturated heterocycles. The van der Waals surface area contributed by atoms with Crippen molar-refractivity contribution >= 4 is 5.69 Å². The molecule has 0 aliphatic heterocycles. The number of hydrogen-bond donors (Lipinski definition) is 1. The van der Waals surface area contributed by atoms with Crippen molar-refractivity contribution in [3.8, 4) is 11.6 Å². The molecule has 12 heteroatoms. The number of aromatic amines is 1. The lowest BCUT2D eigenvalue weighted by molar-refractivity contribution is -0.385. The molecule has 1 heterocycles. The van der Waals surface area contributed by atoms with Crippen molar-refractivity contribution in [3.05, 3.63) is 45.6 Å². The van der Waals surface area contributed by atoms with Crippen LogP contribution in [0.4, 0.5) is 32.0 Å². The van der Waals surface area contributed by atoms with Crippen LogP contribution in [-0.2, 0) is 12.4 Å². The monoisotopic (exact) mass is 341 g/mol. The minimum Gasteiger partial charge on any atom is -0.430 e. The Morgan fingerprint density at radius 1 is 1.09 bits per heavy atom. The van der Waals surface area contributed by atoms with Gasteiger partial charge in [0.1, 0.15) is 5.69 Å². The predicted molar refractivity (Wildman–Crippen MR) is 61.8 cm³/mol. The van der Waals surface area contributed by atoms with Crippen molar-refractivity contribution in [1.82, 2.24) is 10.2 Å². The molecule has 0 bridgehead atoms. The van der Waals surface area contributed by atoms with Crippen LogP contribution in [0.1, 0.15) is 11.3 Å². The summed E-state index contributed by atoms with van der Waals surface area (Å²) in [6.45, 7) is 0. The van der Waals surface area contributed by atoms with E-state index in [0.717, 1.165) is 0 Å². The Balaban J connectivity index is 2.36. The van der Waals surface area contributed by atoms with Gasteiger partial charge in [0.05, 0.1) is 10.5 Å². The first-order valence-electron chi connectivity index (χ1n) is 5.64. The number of ether oxygens (including phenoxy) is 1. The van der Waals surface area contributed by atoms with Crippen LogP contribution in [0.5, 0.6) is 11.6 Å². The molecule has 0 fully saturated rings. The van der Waals surface area contributed by atoms with Crippen molar-refractivity contribution in [2.45, 2.75) is 12.4 Å². The van der Waals surface area contributed by atoms with Crippen molar-refractivity contribution in [2.24, 2.45) is 0 Å². The zero-order valence-electron chi connectivity index (χ0n) is 10.7. The highest BCUT2D eigenvalue weighted by molar-refractivity contribution is 5.50. The van der Waals surface area contributed by atoms with Gasteiger partial charge in [-0.3, -0.25) is 15.2 Å². The number of hydrogen-bond acceptors (Lipinski definition) is 4. The van der Waals surface area contributed by atoms with Gasteiger partial charge in [-0.05, 0) is 12.1 Å². The number of nitro benzene ring substituents is 1. The normalized spacial score (nSPS) is 12.3. The summed E-state index contributed by atoms with van der Waals surface area (Å²) in [5, 5.41) is 15.5. The number of H-pyrrole nitrogens is 1. The number of nitro groups is 1. The fourth-order valence-electron chi connectivity index (χ4n) is 1.54. The van der Waals surface area contributed by atoms with E-state index in [4.69, 9.17) is 4.74 Å². The molecule has 0 aliphatic carbocycles. The van der Waals surface area contributed by atoms with Crippen LogP contribution >= 0.6 is 0 Å². The van der Waals surface area contributed by atoms with Crippen LogP contribution in [0.15, 0.2) is 24.3 Å². The van der Waals surface area contributed by atoms with Crippen molar-refractivity contribution in [1.29, 1.82) is 0 Å². The zero-order valence-corrected chi connectivity index (χ0v) is 10.7. The minimum atomic E-state index is -4.82. The first kappa shape index (κ1) is 16.6. The molecule has 1 N–H and O–H groups in total. The van der Waals surface area contributed by atoms with E-state index in [-0.39, 0.29) is 6.07 Å². The lowest BCUT2D eigenvalue weighted by Crippen LogP contribution is -2.06. The Kier molecular flexibility index (Phi) is 3.92. The second-order valence-corrected chi connectivity index (χ2v) is 4.16. The zero-order chi connectivity index (χ0) is 17.4. The van der Waals surface area contributed by atoms with E-state index < -0.39 is 45.9 Å². The quantitative estimate of drug-likeness (QED) is 0.517. The highest BCUT2D eigenvalue weighted by Crippen LogP contribution is 2.38. The maximum absolute atomic E-state index is 12.5. The number of nitrogens with zero attached hydrogens (tertiary/aromatic N) is 2. The van der Waals surface area contributed by atoms with E-state index in [9.17, 15) is 36.5 Å². The molecule has 23 heavy (non-hydrogen) atoms. The highest BCUT2D eigenvalue weighted by Gasteiger charge is 2.35. The molecule has 6 nitrogen and oxygen atoms in total. The Hall–Kier alpha value is -2.79. The fraction of sp³-hybridized carbons (Fsp3) is 0.182. The first-order chi connectivity index (χ1) is 10.5. The Bertz CT molecular complexity index is 737. The smallest absolute Gasteiger partial charge is 0.430 e. The Labute approximate surface area is 122 Å². The molecule has 0 unspecified atom stereocenters. The lowest BCUT2D eigenvalue weighted by atomic mass is 10.2. The van der Waals surface area contributed by atoms with Crippen LogP contribution in [0, 0.1) is 10.1 Å². The standard InChI is InChI=1S/C11H5F6N3O3/c12-10(13,14)5-1-2-7(6(3-5)20(21)22)23-9-4-8(18-19-9)11(15,16)17/h1-4H,(H,18,19). The number of alkyl halides is 6. The summed E-state index contributed by atoms with van der Waals surface area (Å²) in [5.41, 5.74) is -3.63. The molecular weight excluding hydrogens is 336 g/mol. The summed E-state index contributed by atoms with van der Waals surface area (Å²) in [6, 6.07) is 1.76. The van der Waals surface area contributed by atoms with Gasteiger partial charge in [0.2, 0.25) is 11.6 Å². The minimum absolute atomic E-state index is 0.215. The summed E-state index contributed by atoms with van der Waals surface area (Å²) >= 11 is 0. The van der Waals surface area contributed by atoms with Gasteiger partial charge < -0.3 is 4.74 Å². The number of nitrogens with one attached hydrogen (secondary N) is 1. The van der Waals surface area contributed by atoms with Gasteiger partial charge in [0.15, 0.2) is 0 Å². The molecule has 1 aromatic carbocycles. The predicted octanol–water partition coefficient (Wildman–Crippen LogP) is 4.15. The van der Waals surface area contributed by atoms with E-state index in [1.807, 2.05) is 0 Å². The lowest BCUT2D eigenvalue weighted by Gasteiger charge is -2.08. The molecule has 2 rings (SSSR count). The maximum atomic E-state index is 12.5. The molecule has 2 aromatic rings. The highest BCUT2D eigenvalue weighted by atomic mass is 19.4. The average Bonchev–Trinajstić information content (AvgIpc) is 2.86. The van der Waals surface area contributed by atoms with Crippen molar-refractivity contribution in [3.63, 3.8) is 0 Å². The van der Waals surface area contributed by atoms with Crippen LogP contribution in [0.3, 0.4) is 0 Å².